The number of nitrogens with zero attached hydrogens (tertiary/aromatic N) is 5. The second kappa shape index (κ2) is 6.90. The molecule has 1 amide bonds. The zero-order valence-corrected chi connectivity index (χ0v) is 15.8. The summed E-state index contributed by atoms with van der Waals surface area (Å²) in [4.78, 5) is 35.0. The second-order valence-electron chi connectivity index (χ2n) is 7.74. The molecule has 3 atom stereocenters. The molecule has 0 bridgehead atoms. The van der Waals surface area contributed by atoms with Crippen LogP contribution >= 0.6 is 0 Å². The van der Waals surface area contributed by atoms with Crippen LogP contribution in [-0.4, -0.2) is 53.5 Å². The number of fused-ring (bicyclic) bond motifs is 2. The van der Waals surface area contributed by atoms with Gasteiger partial charge in [0.15, 0.2) is 0 Å². The minimum Gasteiger partial charge on any atom is -0.480 e. The van der Waals surface area contributed by atoms with E-state index in [-0.39, 0.29) is 18.4 Å². The number of carboxylic acid groups (broad SMARTS) is 1. The first-order valence-electron chi connectivity index (χ1n) is 9.67. The smallest absolute Gasteiger partial charge is 0.326 e. The predicted octanol–water partition coefficient (Wildman–Crippen LogP) is 1.92. The van der Waals surface area contributed by atoms with Crippen molar-refractivity contribution in [3.63, 3.8) is 0 Å². The van der Waals surface area contributed by atoms with Crippen LogP contribution < -0.4 is 0 Å². The highest BCUT2D eigenvalue weighted by Gasteiger charge is 2.47. The van der Waals surface area contributed by atoms with Crippen LogP contribution in [0.1, 0.15) is 55.5 Å². The van der Waals surface area contributed by atoms with Crippen LogP contribution in [0.2, 0.25) is 0 Å². The van der Waals surface area contributed by atoms with Crippen molar-refractivity contribution in [1.82, 2.24) is 24.5 Å². The minimum atomic E-state index is -0.879. The van der Waals surface area contributed by atoms with E-state index in [1.54, 1.807) is 9.42 Å². The van der Waals surface area contributed by atoms with Crippen molar-refractivity contribution < 1.29 is 14.7 Å². The topological polar surface area (TPSA) is 101 Å². The summed E-state index contributed by atoms with van der Waals surface area (Å²) in [5, 5.41) is 13.8. The minimum absolute atomic E-state index is 0.0608. The van der Waals surface area contributed by atoms with Gasteiger partial charge < -0.3 is 10.0 Å². The highest BCUT2D eigenvalue weighted by Crippen LogP contribution is 2.40. The third-order valence-electron chi connectivity index (χ3n) is 6.24. The Hall–Kier alpha value is -2.51. The second-order valence-corrected chi connectivity index (χ2v) is 7.74. The van der Waals surface area contributed by atoms with Crippen molar-refractivity contribution in [2.24, 2.45) is 5.92 Å². The summed E-state index contributed by atoms with van der Waals surface area (Å²) in [6, 6.07) is -0.589. The number of rotatable bonds is 4. The number of hydrogen-bond donors (Lipinski definition) is 1. The van der Waals surface area contributed by atoms with Crippen LogP contribution in [-0.2, 0) is 16.0 Å². The molecule has 1 saturated carbocycles. The van der Waals surface area contributed by atoms with Crippen molar-refractivity contribution in [3.8, 4) is 0 Å². The lowest BCUT2D eigenvalue weighted by atomic mass is 9.84. The van der Waals surface area contributed by atoms with E-state index >= 15 is 0 Å². The van der Waals surface area contributed by atoms with Crippen LogP contribution in [0.3, 0.4) is 0 Å². The van der Waals surface area contributed by atoms with Crippen LogP contribution in [0.5, 0.6) is 0 Å². The predicted molar refractivity (Wildman–Crippen MR) is 97.2 cm³/mol. The van der Waals surface area contributed by atoms with E-state index in [9.17, 15) is 14.7 Å². The Labute approximate surface area is 157 Å². The van der Waals surface area contributed by atoms with Crippen LogP contribution in [0.15, 0.2) is 6.33 Å². The van der Waals surface area contributed by atoms with Gasteiger partial charge in [-0.25, -0.2) is 14.3 Å². The molecule has 2 aromatic heterocycles. The Bertz CT molecular complexity index is 893. The maximum absolute atomic E-state index is 13.0. The van der Waals surface area contributed by atoms with Crippen molar-refractivity contribution in [2.75, 3.05) is 0 Å². The third kappa shape index (κ3) is 3.07. The molecule has 0 radical (unpaired) electrons. The molecule has 1 aliphatic heterocycles. The van der Waals surface area contributed by atoms with Gasteiger partial charge in [-0.2, -0.15) is 10.1 Å². The summed E-state index contributed by atoms with van der Waals surface area (Å²) in [5.74, 6) is -0.0545. The highest BCUT2D eigenvalue weighted by molar-refractivity contribution is 5.85. The van der Waals surface area contributed by atoms with E-state index in [2.05, 4.69) is 15.1 Å². The maximum atomic E-state index is 13.0. The Balaban J connectivity index is 1.54. The molecular formula is C19H25N5O3. The normalized spacial score (nSPS) is 25.0. The van der Waals surface area contributed by atoms with Gasteiger partial charge in [0.2, 0.25) is 5.91 Å². The van der Waals surface area contributed by atoms with E-state index in [1.165, 1.54) is 6.33 Å². The van der Waals surface area contributed by atoms with Gasteiger partial charge in [0.25, 0.3) is 5.78 Å². The number of hydrogen-bond acceptors (Lipinski definition) is 5. The number of carbonyl (C=O) groups is 2. The van der Waals surface area contributed by atoms with Crippen molar-refractivity contribution in [2.45, 2.75) is 70.9 Å². The summed E-state index contributed by atoms with van der Waals surface area (Å²) in [7, 11) is 0. The molecule has 8 nitrogen and oxygen atoms in total. The number of amides is 1. The van der Waals surface area contributed by atoms with Gasteiger partial charge in [-0.3, -0.25) is 4.79 Å². The van der Waals surface area contributed by atoms with Gasteiger partial charge in [0.1, 0.15) is 12.4 Å². The van der Waals surface area contributed by atoms with E-state index in [0.717, 1.165) is 42.6 Å². The van der Waals surface area contributed by atoms with E-state index < -0.39 is 12.0 Å². The molecule has 1 saturated heterocycles. The Morgan fingerprint density at radius 3 is 2.81 bits per heavy atom. The molecule has 1 aliphatic carbocycles. The molecule has 144 valence electrons. The highest BCUT2D eigenvalue weighted by atomic mass is 16.4. The summed E-state index contributed by atoms with van der Waals surface area (Å²) < 4.78 is 1.68. The molecule has 27 heavy (non-hydrogen) atoms. The number of carbonyl (C=O) groups excluding carboxylic acids is 1. The monoisotopic (exact) mass is 371 g/mol. The molecule has 0 spiro atoms. The summed E-state index contributed by atoms with van der Waals surface area (Å²) in [5.41, 5.74) is 2.75. The number of aryl methyl sites for hydroxylation is 2. The SMILES string of the molecule is Cc1nc2ncnn2c(C)c1CCC(=O)N1C(C(=O)O)CC2CCCCC21. The van der Waals surface area contributed by atoms with E-state index in [0.29, 0.717) is 24.5 Å². The lowest BCUT2D eigenvalue weighted by molar-refractivity contribution is -0.149. The van der Waals surface area contributed by atoms with Gasteiger partial charge in [-0.05, 0) is 51.0 Å². The average Bonchev–Trinajstić information content (AvgIpc) is 3.25. The molecule has 3 unspecified atom stereocenters. The average molecular weight is 371 g/mol. The number of carboxylic acids is 1. The molecule has 2 fully saturated rings. The molecular weight excluding hydrogens is 346 g/mol. The van der Waals surface area contributed by atoms with Gasteiger partial charge >= 0.3 is 5.97 Å². The quantitative estimate of drug-likeness (QED) is 0.881. The lowest BCUT2D eigenvalue weighted by Gasteiger charge is -2.33. The fourth-order valence-corrected chi connectivity index (χ4v) is 4.92. The maximum Gasteiger partial charge on any atom is 0.326 e. The van der Waals surface area contributed by atoms with Crippen LogP contribution in [0, 0.1) is 19.8 Å². The first kappa shape index (κ1) is 17.9. The van der Waals surface area contributed by atoms with E-state index in [1.807, 2.05) is 13.8 Å². The summed E-state index contributed by atoms with van der Waals surface area (Å²) in [6.07, 6.45) is 7.04. The Morgan fingerprint density at radius 1 is 1.26 bits per heavy atom. The molecule has 2 aromatic rings. The van der Waals surface area contributed by atoms with Crippen molar-refractivity contribution >= 4 is 17.7 Å². The number of likely N-dealkylation sites (tertiary alicyclic amines) is 1. The number of aromatic nitrogens is 4. The largest absolute Gasteiger partial charge is 0.480 e. The summed E-state index contributed by atoms with van der Waals surface area (Å²) in [6.45, 7) is 3.86. The third-order valence-corrected chi connectivity index (χ3v) is 6.24. The molecule has 3 heterocycles. The van der Waals surface area contributed by atoms with Gasteiger partial charge in [0, 0.05) is 23.9 Å². The molecule has 0 aromatic carbocycles. The van der Waals surface area contributed by atoms with Crippen LogP contribution in [0.4, 0.5) is 0 Å². The van der Waals surface area contributed by atoms with Crippen molar-refractivity contribution in [1.29, 1.82) is 0 Å². The molecule has 8 heteroatoms. The standard InChI is InChI=1S/C19H25N5O3/c1-11-14(12(2)24-19(22-11)20-10-21-24)7-8-17(25)23-15-6-4-3-5-13(15)9-16(23)18(26)27/h10,13,15-16H,3-9H2,1-2H3,(H,26,27). The zero-order valence-electron chi connectivity index (χ0n) is 15.8. The number of aliphatic carboxylic acids is 1. The first-order chi connectivity index (χ1) is 13.0. The molecule has 2 aliphatic rings. The Kier molecular flexibility index (Phi) is 4.57. The van der Waals surface area contributed by atoms with Crippen LogP contribution in [0.25, 0.3) is 5.78 Å². The van der Waals surface area contributed by atoms with Gasteiger partial charge in [-0.15, -0.1) is 0 Å². The van der Waals surface area contributed by atoms with E-state index in [4.69, 9.17) is 0 Å². The summed E-state index contributed by atoms with van der Waals surface area (Å²) >= 11 is 0. The Morgan fingerprint density at radius 2 is 2.04 bits per heavy atom. The molecule has 1 N–H and O–H groups in total. The van der Waals surface area contributed by atoms with Gasteiger partial charge in [0.05, 0.1) is 0 Å². The fourth-order valence-electron chi connectivity index (χ4n) is 4.92. The first-order valence-corrected chi connectivity index (χ1v) is 9.67. The lowest BCUT2D eigenvalue weighted by Crippen LogP contribution is -2.46. The van der Waals surface area contributed by atoms with Gasteiger partial charge in [-0.1, -0.05) is 12.8 Å². The molecule has 4 rings (SSSR count). The zero-order chi connectivity index (χ0) is 19.1. The fraction of sp³-hybridized carbons (Fsp3) is 0.632. The van der Waals surface area contributed by atoms with Crippen molar-refractivity contribution in [3.05, 3.63) is 23.3 Å².